The Morgan fingerprint density at radius 2 is 2.15 bits per heavy atom. The molecule has 0 spiro atoms. The molecular formula is C15H17N3O2. The van der Waals surface area contributed by atoms with Crippen molar-refractivity contribution in [3.05, 3.63) is 41.7 Å². The van der Waals surface area contributed by atoms with Crippen LogP contribution >= 0.6 is 0 Å². The molecule has 0 unspecified atom stereocenters. The van der Waals surface area contributed by atoms with Crippen LogP contribution in [0, 0.1) is 0 Å². The Morgan fingerprint density at radius 3 is 2.90 bits per heavy atom. The lowest BCUT2D eigenvalue weighted by Crippen LogP contribution is -2.36. The zero-order chi connectivity index (χ0) is 13.9. The van der Waals surface area contributed by atoms with Crippen LogP contribution in [0.3, 0.4) is 0 Å². The number of hydrogen-bond acceptors (Lipinski definition) is 4. The highest BCUT2D eigenvalue weighted by molar-refractivity contribution is 5.77. The summed E-state index contributed by atoms with van der Waals surface area (Å²) >= 11 is 0. The van der Waals surface area contributed by atoms with E-state index in [1.807, 2.05) is 35.2 Å². The van der Waals surface area contributed by atoms with E-state index in [1.165, 1.54) is 0 Å². The Hall–Kier alpha value is -2.14. The van der Waals surface area contributed by atoms with Crippen molar-refractivity contribution in [3.8, 4) is 11.3 Å². The van der Waals surface area contributed by atoms with Gasteiger partial charge in [0, 0.05) is 37.1 Å². The third kappa shape index (κ3) is 2.32. The van der Waals surface area contributed by atoms with Crippen LogP contribution in [-0.4, -0.2) is 29.1 Å². The van der Waals surface area contributed by atoms with E-state index in [2.05, 4.69) is 5.16 Å². The smallest absolute Gasteiger partial charge is 0.224 e. The first-order valence-corrected chi connectivity index (χ1v) is 6.80. The maximum absolute atomic E-state index is 12.0. The van der Waals surface area contributed by atoms with Crippen molar-refractivity contribution in [3.63, 3.8) is 0 Å². The van der Waals surface area contributed by atoms with E-state index in [4.69, 9.17) is 10.3 Å². The summed E-state index contributed by atoms with van der Waals surface area (Å²) in [6, 6.07) is 9.90. The molecule has 5 nitrogen and oxygen atoms in total. The molecule has 0 saturated heterocycles. The van der Waals surface area contributed by atoms with Gasteiger partial charge in [-0.25, -0.2) is 0 Å². The maximum Gasteiger partial charge on any atom is 0.224 e. The second kappa shape index (κ2) is 5.46. The molecule has 104 valence electrons. The number of carbonyl (C=O) groups excluding carboxylic acids is 1. The van der Waals surface area contributed by atoms with Crippen LogP contribution in [0.4, 0.5) is 0 Å². The van der Waals surface area contributed by atoms with Gasteiger partial charge >= 0.3 is 0 Å². The lowest BCUT2D eigenvalue weighted by molar-refractivity contribution is -0.131. The van der Waals surface area contributed by atoms with Gasteiger partial charge in [-0.15, -0.1) is 0 Å². The third-order valence-corrected chi connectivity index (χ3v) is 3.59. The van der Waals surface area contributed by atoms with E-state index in [1.54, 1.807) is 0 Å². The van der Waals surface area contributed by atoms with Gasteiger partial charge in [-0.05, 0) is 0 Å². The Bertz CT molecular complexity index is 607. The fraction of sp³-hybridized carbons (Fsp3) is 0.333. The van der Waals surface area contributed by atoms with Crippen molar-refractivity contribution < 1.29 is 9.32 Å². The maximum atomic E-state index is 12.0. The molecule has 20 heavy (non-hydrogen) atoms. The summed E-state index contributed by atoms with van der Waals surface area (Å²) < 4.78 is 5.42. The monoisotopic (exact) mass is 271 g/mol. The van der Waals surface area contributed by atoms with Crippen molar-refractivity contribution >= 4 is 5.91 Å². The van der Waals surface area contributed by atoms with Crippen LogP contribution in [0.15, 0.2) is 34.9 Å². The number of aromatic nitrogens is 1. The predicted octanol–water partition coefficient (Wildman–Crippen LogP) is 1.58. The Balaban J connectivity index is 1.89. The highest BCUT2D eigenvalue weighted by Gasteiger charge is 2.26. The second-order valence-electron chi connectivity index (χ2n) is 4.90. The zero-order valence-corrected chi connectivity index (χ0v) is 11.2. The number of nitrogens with zero attached hydrogens (tertiary/aromatic N) is 2. The van der Waals surface area contributed by atoms with Crippen LogP contribution in [0.25, 0.3) is 11.3 Å². The number of fused-ring (bicyclic) bond motifs is 1. The molecule has 0 aliphatic carbocycles. The molecule has 1 aliphatic rings. The average molecular weight is 271 g/mol. The van der Waals surface area contributed by atoms with Crippen molar-refractivity contribution in [1.29, 1.82) is 0 Å². The third-order valence-electron chi connectivity index (χ3n) is 3.59. The first-order chi connectivity index (χ1) is 9.79. The van der Waals surface area contributed by atoms with Crippen LogP contribution in [0.5, 0.6) is 0 Å². The second-order valence-corrected chi connectivity index (χ2v) is 4.90. The molecule has 0 atom stereocenters. The van der Waals surface area contributed by atoms with Gasteiger partial charge in [-0.2, -0.15) is 0 Å². The quantitative estimate of drug-likeness (QED) is 0.919. The predicted molar refractivity (Wildman–Crippen MR) is 74.7 cm³/mol. The summed E-state index contributed by atoms with van der Waals surface area (Å²) in [6.07, 6.45) is 1.10. The van der Waals surface area contributed by atoms with Crippen LogP contribution in [0.2, 0.25) is 0 Å². The van der Waals surface area contributed by atoms with E-state index in [0.29, 0.717) is 32.5 Å². The Morgan fingerprint density at radius 1 is 1.35 bits per heavy atom. The molecular weight excluding hydrogens is 254 g/mol. The summed E-state index contributed by atoms with van der Waals surface area (Å²) in [5.41, 5.74) is 8.33. The molecule has 0 radical (unpaired) electrons. The molecule has 2 N–H and O–H groups in total. The van der Waals surface area contributed by atoms with Crippen molar-refractivity contribution in [2.75, 3.05) is 13.1 Å². The van der Waals surface area contributed by atoms with Crippen LogP contribution < -0.4 is 5.73 Å². The summed E-state index contributed by atoms with van der Waals surface area (Å²) in [6.45, 7) is 1.62. The first kappa shape index (κ1) is 12.9. The normalized spacial score (nSPS) is 14.2. The number of benzene rings is 1. The largest absolute Gasteiger partial charge is 0.360 e. The van der Waals surface area contributed by atoms with Gasteiger partial charge in [0.2, 0.25) is 5.91 Å². The molecule has 0 saturated carbocycles. The Kier molecular flexibility index (Phi) is 3.52. The van der Waals surface area contributed by atoms with Gasteiger partial charge < -0.3 is 15.2 Å². The highest BCUT2D eigenvalue weighted by atomic mass is 16.5. The fourth-order valence-electron chi connectivity index (χ4n) is 2.53. The number of carbonyl (C=O) groups is 1. The zero-order valence-electron chi connectivity index (χ0n) is 11.2. The van der Waals surface area contributed by atoms with Gasteiger partial charge in [0.15, 0.2) is 0 Å². The molecule has 1 aromatic heterocycles. The highest BCUT2D eigenvalue weighted by Crippen LogP contribution is 2.29. The van der Waals surface area contributed by atoms with Gasteiger partial charge in [0.1, 0.15) is 11.5 Å². The van der Waals surface area contributed by atoms with Crippen LogP contribution in [-0.2, 0) is 17.8 Å². The Labute approximate surface area is 117 Å². The summed E-state index contributed by atoms with van der Waals surface area (Å²) in [5.74, 6) is 0.985. The summed E-state index contributed by atoms with van der Waals surface area (Å²) in [7, 11) is 0. The lowest BCUT2D eigenvalue weighted by atomic mass is 10.0. The summed E-state index contributed by atoms with van der Waals surface area (Å²) in [4.78, 5) is 13.8. The van der Waals surface area contributed by atoms with E-state index in [0.717, 1.165) is 22.6 Å². The summed E-state index contributed by atoms with van der Waals surface area (Å²) in [5, 5.41) is 4.17. The number of rotatable bonds is 3. The minimum absolute atomic E-state index is 0.0957. The van der Waals surface area contributed by atoms with Crippen LogP contribution in [0.1, 0.15) is 17.7 Å². The standard InChI is InChI=1S/C15H17N3O2/c16-8-6-14(19)18-9-7-13-12(10-18)15(17-20-13)11-4-2-1-3-5-11/h1-5H,6-10,16H2. The molecule has 1 aliphatic heterocycles. The number of amides is 1. The van der Waals surface area contributed by atoms with E-state index < -0.39 is 0 Å². The van der Waals surface area contributed by atoms with E-state index >= 15 is 0 Å². The molecule has 1 aromatic carbocycles. The molecule has 3 rings (SSSR count). The lowest BCUT2D eigenvalue weighted by Gasteiger charge is -2.26. The molecule has 0 fully saturated rings. The van der Waals surface area contributed by atoms with Gasteiger partial charge in [0.05, 0.1) is 6.54 Å². The van der Waals surface area contributed by atoms with Gasteiger partial charge in [0.25, 0.3) is 0 Å². The first-order valence-electron chi connectivity index (χ1n) is 6.80. The molecule has 2 aromatic rings. The topological polar surface area (TPSA) is 72.4 Å². The van der Waals surface area contributed by atoms with Gasteiger partial charge in [-0.3, -0.25) is 4.79 Å². The molecule has 2 heterocycles. The molecule has 0 bridgehead atoms. The number of hydrogen-bond donors (Lipinski definition) is 1. The molecule has 1 amide bonds. The minimum atomic E-state index is 0.0957. The van der Waals surface area contributed by atoms with Crippen molar-refractivity contribution in [1.82, 2.24) is 10.1 Å². The van der Waals surface area contributed by atoms with Crippen molar-refractivity contribution in [2.24, 2.45) is 5.73 Å². The van der Waals surface area contributed by atoms with Gasteiger partial charge in [-0.1, -0.05) is 35.5 Å². The SMILES string of the molecule is NCCC(=O)N1CCc2onc(-c3ccccc3)c2C1. The van der Waals surface area contributed by atoms with E-state index in [9.17, 15) is 4.79 Å². The number of nitrogens with two attached hydrogens (primary N) is 1. The van der Waals surface area contributed by atoms with E-state index in [-0.39, 0.29) is 5.91 Å². The average Bonchev–Trinajstić information content (AvgIpc) is 2.91. The van der Waals surface area contributed by atoms with Crippen molar-refractivity contribution in [2.45, 2.75) is 19.4 Å². The minimum Gasteiger partial charge on any atom is -0.360 e. The fourth-order valence-corrected chi connectivity index (χ4v) is 2.53. The molecule has 5 heteroatoms.